The SMILES string of the molecule is NCC(=O)NCC1CCC(NN)CC1. The predicted molar refractivity (Wildman–Crippen MR) is 55.1 cm³/mol. The van der Waals surface area contributed by atoms with E-state index in [-0.39, 0.29) is 12.5 Å². The van der Waals surface area contributed by atoms with E-state index in [1.54, 1.807) is 0 Å². The van der Waals surface area contributed by atoms with Gasteiger partial charge in [0.15, 0.2) is 0 Å². The standard InChI is InChI=1S/C9H20N4O/c10-5-9(14)12-6-7-1-3-8(13-11)4-2-7/h7-8,13H,1-6,10-11H2,(H,12,14). The Hall–Kier alpha value is -0.650. The number of carbonyl (C=O) groups is 1. The van der Waals surface area contributed by atoms with E-state index >= 15 is 0 Å². The van der Waals surface area contributed by atoms with Crippen LogP contribution < -0.4 is 22.3 Å². The van der Waals surface area contributed by atoms with Gasteiger partial charge in [0.25, 0.3) is 0 Å². The molecule has 0 aromatic rings. The van der Waals surface area contributed by atoms with E-state index in [0.29, 0.717) is 12.0 Å². The molecule has 5 heteroatoms. The minimum absolute atomic E-state index is 0.0657. The average Bonchev–Trinajstić information content (AvgIpc) is 2.26. The summed E-state index contributed by atoms with van der Waals surface area (Å²) in [7, 11) is 0. The molecule has 1 rings (SSSR count). The highest BCUT2D eigenvalue weighted by molar-refractivity contribution is 5.77. The summed E-state index contributed by atoms with van der Waals surface area (Å²) in [5.74, 6) is 5.88. The second-order valence-corrected chi connectivity index (χ2v) is 3.89. The van der Waals surface area contributed by atoms with Gasteiger partial charge in [-0.1, -0.05) is 0 Å². The van der Waals surface area contributed by atoms with Crippen LogP contribution in [-0.4, -0.2) is 25.0 Å². The summed E-state index contributed by atoms with van der Waals surface area (Å²) in [6.45, 7) is 0.840. The van der Waals surface area contributed by atoms with Crippen LogP contribution in [-0.2, 0) is 4.79 Å². The number of nitrogens with one attached hydrogen (secondary N) is 2. The fourth-order valence-corrected chi connectivity index (χ4v) is 1.86. The molecule has 0 saturated heterocycles. The number of hydrogen-bond donors (Lipinski definition) is 4. The van der Waals surface area contributed by atoms with Crippen LogP contribution in [0.2, 0.25) is 0 Å². The van der Waals surface area contributed by atoms with E-state index in [4.69, 9.17) is 11.6 Å². The van der Waals surface area contributed by atoms with Crippen LogP contribution in [0.5, 0.6) is 0 Å². The van der Waals surface area contributed by atoms with Gasteiger partial charge >= 0.3 is 0 Å². The molecular weight excluding hydrogens is 180 g/mol. The van der Waals surface area contributed by atoms with Gasteiger partial charge in [-0.15, -0.1) is 0 Å². The van der Waals surface area contributed by atoms with Gasteiger partial charge in [-0.3, -0.25) is 16.1 Å². The van der Waals surface area contributed by atoms with E-state index in [1.165, 1.54) is 0 Å². The van der Waals surface area contributed by atoms with Crippen LogP contribution in [0.25, 0.3) is 0 Å². The van der Waals surface area contributed by atoms with Crippen molar-refractivity contribution < 1.29 is 4.79 Å². The van der Waals surface area contributed by atoms with E-state index in [2.05, 4.69) is 10.7 Å². The van der Waals surface area contributed by atoms with Gasteiger partial charge in [0.1, 0.15) is 0 Å². The number of hydrogen-bond acceptors (Lipinski definition) is 4. The highest BCUT2D eigenvalue weighted by Gasteiger charge is 2.20. The number of carbonyl (C=O) groups excluding carboxylic acids is 1. The topological polar surface area (TPSA) is 93.2 Å². The Morgan fingerprint density at radius 2 is 1.93 bits per heavy atom. The van der Waals surface area contributed by atoms with Crippen molar-refractivity contribution in [3.05, 3.63) is 0 Å². The molecule has 0 spiro atoms. The van der Waals surface area contributed by atoms with Gasteiger partial charge < -0.3 is 11.1 Å². The Labute approximate surface area is 84.6 Å². The van der Waals surface area contributed by atoms with Crippen molar-refractivity contribution >= 4 is 5.91 Å². The normalized spacial score (nSPS) is 27.3. The summed E-state index contributed by atoms with van der Waals surface area (Å²) in [4.78, 5) is 10.9. The molecule has 1 aliphatic carbocycles. The lowest BCUT2D eigenvalue weighted by Gasteiger charge is -2.27. The Bertz CT molecular complexity index is 178. The number of nitrogens with two attached hydrogens (primary N) is 2. The molecule has 1 saturated carbocycles. The molecule has 0 heterocycles. The van der Waals surface area contributed by atoms with Gasteiger partial charge in [0.2, 0.25) is 5.91 Å². The van der Waals surface area contributed by atoms with Gasteiger partial charge in [-0.2, -0.15) is 0 Å². The van der Waals surface area contributed by atoms with Crippen molar-refractivity contribution in [2.24, 2.45) is 17.5 Å². The fraction of sp³-hybridized carbons (Fsp3) is 0.889. The number of hydrazine groups is 1. The van der Waals surface area contributed by atoms with Crippen molar-refractivity contribution in [3.8, 4) is 0 Å². The minimum atomic E-state index is -0.0657. The predicted octanol–water partition coefficient (Wildman–Crippen LogP) is -0.917. The number of amides is 1. The van der Waals surface area contributed by atoms with Crippen molar-refractivity contribution in [3.63, 3.8) is 0 Å². The van der Waals surface area contributed by atoms with Gasteiger partial charge in [-0.25, -0.2) is 0 Å². The number of rotatable bonds is 4. The maximum absolute atomic E-state index is 10.9. The van der Waals surface area contributed by atoms with Crippen LogP contribution in [0.3, 0.4) is 0 Å². The molecule has 6 N–H and O–H groups in total. The monoisotopic (exact) mass is 200 g/mol. The summed E-state index contributed by atoms with van der Waals surface area (Å²) in [6.07, 6.45) is 4.44. The summed E-state index contributed by atoms with van der Waals surface area (Å²) >= 11 is 0. The molecule has 0 radical (unpaired) electrons. The maximum atomic E-state index is 10.9. The largest absolute Gasteiger partial charge is 0.355 e. The summed E-state index contributed by atoms with van der Waals surface area (Å²) < 4.78 is 0. The zero-order valence-electron chi connectivity index (χ0n) is 8.46. The first-order valence-electron chi connectivity index (χ1n) is 5.19. The lowest BCUT2D eigenvalue weighted by Crippen LogP contribution is -2.40. The molecule has 0 atom stereocenters. The minimum Gasteiger partial charge on any atom is -0.355 e. The first-order chi connectivity index (χ1) is 6.76. The van der Waals surface area contributed by atoms with Gasteiger partial charge in [0, 0.05) is 12.6 Å². The van der Waals surface area contributed by atoms with Crippen molar-refractivity contribution in [1.82, 2.24) is 10.7 Å². The average molecular weight is 200 g/mol. The Morgan fingerprint density at radius 3 is 2.43 bits per heavy atom. The van der Waals surface area contributed by atoms with Crippen LogP contribution >= 0.6 is 0 Å². The summed E-state index contributed by atoms with van der Waals surface area (Å²) in [5, 5.41) is 2.82. The Morgan fingerprint density at radius 1 is 1.29 bits per heavy atom. The molecular formula is C9H20N4O. The highest BCUT2D eigenvalue weighted by Crippen LogP contribution is 2.22. The molecule has 5 nitrogen and oxygen atoms in total. The third-order valence-electron chi connectivity index (χ3n) is 2.86. The quantitative estimate of drug-likeness (QED) is 0.349. The molecule has 1 fully saturated rings. The molecule has 0 aromatic heterocycles. The Balaban J connectivity index is 2.13. The molecule has 14 heavy (non-hydrogen) atoms. The molecule has 1 amide bonds. The highest BCUT2D eigenvalue weighted by atomic mass is 16.1. The van der Waals surface area contributed by atoms with Crippen molar-refractivity contribution in [2.45, 2.75) is 31.7 Å². The second-order valence-electron chi connectivity index (χ2n) is 3.89. The van der Waals surface area contributed by atoms with Crippen LogP contribution in [0.1, 0.15) is 25.7 Å². The lowest BCUT2D eigenvalue weighted by molar-refractivity contribution is -0.119. The first kappa shape index (κ1) is 11.4. The van der Waals surface area contributed by atoms with Crippen LogP contribution in [0, 0.1) is 5.92 Å². The smallest absolute Gasteiger partial charge is 0.233 e. The molecule has 0 aromatic carbocycles. The maximum Gasteiger partial charge on any atom is 0.233 e. The molecule has 82 valence electrons. The second kappa shape index (κ2) is 5.95. The van der Waals surface area contributed by atoms with Crippen LogP contribution in [0.4, 0.5) is 0 Å². The molecule has 0 bridgehead atoms. The van der Waals surface area contributed by atoms with Gasteiger partial charge in [-0.05, 0) is 31.6 Å². The Kier molecular flexibility index (Phi) is 4.86. The van der Waals surface area contributed by atoms with Crippen molar-refractivity contribution in [1.29, 1.82) is 0 Å². The first-order valence-corrected chi connectivity index (χ1v) is 5.19. The van der Waals surface area contributed by atoms with E-state index < -0.39 is 0 Å². The summed E-state index contributed by atoms with van der Waals surface area (Å²) in [5.41, 5.74) is 7.99. The van der Waals surface area contributed by atoms with Crippen molar-refractivity contribution in [2.75, 3.05) is 13.1 Å². The van der Waals surface area contributed by atoms with Crippen LogP contribution in [0.15, 0.2) is 0 Å². The zero-order valence-corrected chi connectivity index (χ0v) is 8.46. The van der Waals surface area contributed by atoms with Gasteiger partial charge in [0.05, 0.1) is 6.54 Å². The third kappa shape index (κ3) is 3.61. The fourth-order valence-electron chi connectivity index (χ4n) is 1.86. The van der Waals surface area contributed by atoms with E-state index in [1.807, 2.05) is 0 Å². The lowest BCUT2D eigenvalue weighted by atomic mass is 9.86. The molecule has 0 unspecified atom stereocenters. The van der Waals surface area contributed by atoms with E-state index in [9.17, 15) is 4.79 Å². The van der Waals surface area contributed by atoms with E-state index in [0.717, 1.165) is 32.2 Å². The summed E-state index contributed by atoms with van der Waals surface area (Å²) in [6, 6.07) is 0.455. The third-order valence-corrected chi connectivity index (χ3v) is 2.86. The molecule has 0 aliphatic heterocycles. The zero-order chi connectivity index (χ0) is 10.4. The molecule has 1 aliphatic rings.